The fourth-order valence-corrected chi connectivity index (χ4v) is 11.5. The Morgan fingerprint density at radius 3 is 0.921 bits per heavy atom. The average Bonchev–Trinajstić information content (AvgIpc) is 1.01. The Labute approximate surface area is 503 Å². The van der Waals surface area contributed by atoms with E-state index in [1.165, 1.54) is 0 Å². The molecular formula is C48H85N3O38. The molecule has 29 N–H and O–H groups in total. The van der Waals surface area contributed by atoms with Crippen molar-refractivity contribution in [2.45, 2.75) is 245 Å². The fraction of sp³-hybridized carbons (Fsp3) is 1.00. The highest BCUT2D eigenvalue weighted by atomic mass is 16.8. The second-order valence-corrected chi connectivity index (χ2v) is 22.7. The maximum absolute atomic E-state index is 11.9. The van der Waals surface area contributed by atoms with E-state index < -0.39 is 298 Å². The molecule has 0 bridgehead atoms. The van der Waals surface area contributed by atoms with E-state index in [0.717, 1.165) is 0 Å². The third kappa shape index (κ3) is 15.2. The molecule has 0 spiro atoms. The Morgan fingerprint density at radius 2 is 0.517 bits per heavy atom. The highest BCUT2D eigenvalue weighted by molar-refractivity contribution is 5.02. The summed E-state index contributed by atoms with van der Waals surface area (Å²) in [4.78, 5) is 0. The summed E-state index contributed by atoms with van der Waals surface area (Å²) in [5.41, 5.74) is 19.3. The highest BCUT2D eigenvalue weighted by Crippen LogP contribution is 2.38. The van der Waals surface area contributed by atoms with Gasteiger partial charge in [-0.1, -0.05) is 0 Å². The van der Waals surface area contributed by atoms with Crippen LogP contribution in [0, 0.1) is 0 Å². The molecule has 520 valence electrons. The van der Waals surface area contributed by atoms with Crippen LogP contribution in [0.3, 0.4) is 0 Å². The number of hydrogen-bond acceptors (Lipinski definition) is 41. The zero-order chi connectivity index (χ0) is 65.4. The number of aliphatic hydroxyl groups excluding tert-OH is 23. The van der Waals surface area contributed by atoms with Crippen LogP contribution in [0.25, 0.3) is 0 Å². The number of rotatable bonds is 22. The van der Waals surface area contributed by atoms with Gasteiger partial charge in [0.05, 0.1) is 71.0 Å². The number of nitrogens with two attached hydrogens (primary N) is 3. The Bertz CT molecular complexity index is 2140. The molecule has 8 saturated heterocycles. The first-order chi connectivity index (χ1) is 42.2. The lowest BCUT2D eigenvalue weighted by Crippen LogP contribution is -2.69. The molecule has 0 aromatic rings. The summed E-state index contributed by atoms with van der Waals surface area (Å²) >= 11 is 0. The maximum Gasteiger partial charge on any atom is 0.187 e. The minimum atomic E-state index is -2.24. The third-order valence-electron chi connectivity index (χ3n) is 16.9. The standard InChI is InChI=1S/C48H85N3O38/c49-17-26(65)35(84-47-33(72)39(24(63)13(5-56)81-47)88-43-18(50)37(22(61)11(3-54)77-43)86-45-31(70)27(66)20(59)9(1-52)79-45)15(7-58)82-42(17)75-8-16-25(64)40(34(73)48(83-16)85-36-14(6-57)76-41(74)30(69)29(36)68)89-44-19(51)38(23(62)12(4-55)78-44)87-46-32(71)28(67)21(60)10(2-53)80-46/h9-48,52-74H,1-8,49-51H2/t9-,10-,11-,12-,13-,14-,15-,16-,17-,18+,19-,20+,21+,22-,23-,24+,25+,26-,27+,28+,29-,30-,31-,32-,33-,34-,35-,36-,37-,38-,39+,40+,41-,42-,43?,44+,45+,46+,47+,48+/m1/s1. The van der Waals surface area contributed by atoms with Gasteiger partial charge < -0.3 is 206 Å². The molecule has 0 radical (unpaired) electrons. The van der Waals surface area contributed by atoms with Gasteiger partial charge in [0, 0.05) is 0 Å². The number of hydrogen-bond donors (Lipinski definition) is 26. The van der Waals surface area contributed by atoms with Crippen molar-refractivity contribution in [2.24, 2.45) is 17.2 Å². The second kappa shape index (κ2) is 31.5. The van der Waals surface area contributed by atoms with E-state index in [0.29, 0.717) is 0 Å². The number of aliphatic hydroxyl groups is 23. The maximum atomic E-state index is 11.9. The molecule has 40 atom stereocenters. The Morgan fingerprint density at radius 1 is 0.225 bits per heavy atom. The molecular weight excluding hydrogens is 1230 g/mol. The molecule has 8 fully saturated rings. The molecule has 41 nitrogen and oxygen atoms in total. The molecule has 1 unspecified atom stereocenters. The molecule has 0 aromatic carbocycles. The van der Waals surface area contributed by atoms with E-state index in [1.807, 2.05) is 0 Å². The predicted molar refractivity (Wildman–Crippen MR) is 270 cm³/mol. The monoisotopic (exact) mass is 1310 g/mol. The van der Waals surface area contributed by atoms with Crippen LogP contribution in [0.1, 0.15) is 0 Å². The summed E-state index contributed by atoms with van der Waals surface area (Å²) in [6, 6.07) is -5.20. The van der Waals surface area contributed by atoms with Gasteiger partial charge in [0.15, 0.2) is 50.3 Å². The van der Waals surface area contributed by atoms with Crippen molar-refractivity contribution in [3.8, 4) is 0 Å². The molecule has 8 aliphatic rings. The van der Waals surface area contributed by atoms with E-state index >= 15 is 0 Å². The molecule has 8 heterocycles. The molecule has 89 heavy (non-hydrogen) atoms. The molecule has 41 heteroatoms. The smallest absolute Gasteiger partial charge is 0.187 e. The summed E-state index contributed by atoms with van der Waals surface area (Å²) in [7, 11) is 0. The van der Waals surface area contributed by atoms with Crippen LogP contribution < -0.4 is 17.2 Å². The van der Waals surface area contributed by atoms with Crippen molar-refractivity contribution in [3.05, 3.63) is 0 Å². The van der Waals surface area contributed by atoms with Crippen LogP contribution in [0.4, 0.5) is 0 Å². The summed E-state index contributed by atoms with van der Waals surface area (Å²) in [5, 5.41) is 246. The van der Waals surface area contributed by atoms with Crippen LogP contribution in [0.15, 0.2) is 0 Å². The first-order valence-corrected chi connectivity index (χ1v) is 28.4. The summed E-state index contributed by atoms with van der Waals surface area (Å²) < 4.78 is 85.7. The number of ether oxygens (including phenoxy) is 15. The third-order valence-corrected chi connectivity index (χ3v) is 16.9. The first-order valence-electron chi connectivity index (χ1n) is 28.4. The molecule has 0 aromatic heterocycles. The first kappa shape index (κ1) is 73.2. The van der Waals surface area contributed by atoms with E-state index in [9.17, 15) is 117 Å². The van der Waals surface area contributed by atoms with Crippen molar-refractivity contribution in [3.63, 3.8) is 0 Å². The summed E-state index contributed by atoms with van der Waals surface area (Å²) in [5.74, 6) is 0. The van der Waals surface area contributed by atoms with Crippen LogP contribution in [-0.4, -0.2) is 416 Å². The Hall–Kier alpha value is -1.64. The predicted octanol–water partition coefficient (Wildman–Crippen LogP) is -18.6. The molecule has 0 aliphatic carbocycles. The van der Waals surface area contributed by atoms with Crippen molar-refractivity contribution in [2.75, 3.05) is 52.9 Å². The van der Waals surface area contributed by atoms with Gasteiger partial charge in [-0.15, -0.1) is 0 Å². The second-order valence-electron chi connectivity index (χ2n) is 22.7. The van der Waals surface area contributed by atoms with Crippen molar-refractivity contribution >= 4 is 0 Å². The lowest BCUT2D eigenvalue weighted by molar-refractivity contribution is -0.384. The van der Waals surface area contributed by atoms with E-state index in [2.05, 4.69) is 0 Å². The van der Waals surface area contributed by atoms with E-state index in [1.54, 1.807) is 0 Å². The minimum Gasteiger partial charge on any atom is -0.394 e. The van der Waals surface area contributed by atoms with Gasteiger partial charge in [-0.25, -0.2) is 0 Å². The van der Waals surface area contributed by atoms with E-state index in [-0.39, 0.29) is 0 Å². The van der Waals surface area contributed by atoms with Crippen molar-refractivity contribution in [1.29, 1.82) is 0 Å². The lowest BCUT2D eigenvalue weighted by Gasteiger charge is -2.50. The van der Waals surface area contributed by atoms with Gasteiger partial charge in [-0.2, -0.15) is 0 Å². The van der Waals surface area contributed by atoms with Gasteiger partial charge in [0.2, 0.25) is 0 Å². The quantitative estimate of drug-likeness (QED) is 0.0479. The van der Waals surface area contributed by atoms with Crippen LogP contribution >= 0.6 is 0 Å². The van der Waals surface area contributed by atoms with Crippen molar-refractivity contribution in [1.82, 2.24) is 0 Å². The van der Waals surface area contributed by atoms with Gasteiger partial charge in [-0.05, 0) is 0 Å². The lowest BCUT2D eigenvalue weighted by atomic mass is 9.94. The van der Waals surface area contributed by atoms with Gasteiger partial charge in [0.25, 0.3) is 0 Å². The normalized spacial score (nSPS) is 53.6. The van der Waals surface area contributed by atoms with E-state index in [4.69, 9.17) is 88.3 Å². The molecule has 8 aliphatic heterocycles. The van der Waals surface area contributed by atoms with Gasteiger partial charge in [0.1, 0.15) is 177 Å². The van der Waals surface area contributed by atoms with Gasteiger partial charge in [-0.3, -0.25) is 0 Å². The Balaban J connectivity index is 0.973. The zero-order valence-corrected chi connectivity index (χ0v) is 46.9. The topological polar surface area (TPSA) is 682 Å². The molecule has 8 rings (SSSR count). The average molecular weight is 1310 g/mol. The summed E-state index contributed by atoms with van der Waals surface area (Å²) in [6.45, 7) is -7.65. The fourth-order valence-electron chi connectivity index (χ4n) is 11.5. The summed E-state index contributed by atoms with van der Waals surface area (Å²) in [6.07, 6.45) is -70.1. The van der Waals surface area contributed by atoms with Crippen LogP contribution in [0.5, 0.6) is 0 Å². The van der Waals surface area contributed by atoms with Crippen LogP contribution in [-0.2, 0) is 71.1 Å². The SMILES string of the molecule is N[C@H]1[C@H](OC[C@H]2O[C@@H](O[C@H]3[C@H](O)[C@@H](O)[C@H](O)O[C@@H]3CO)[C@H](O)[C@@H](O[C@@H]3O[C@H](CO)[C@@H](O)[C@H](O[C@@H]4O[C@H](CO)[C@H](O)[C@H](O)[C@H]4O)[C@H]3N)[C@H]2O)O[C@H](CO)[C@@H](O[C@@H]2O[C@H](CO)[C@H](O)[C@H](OC3O[C@H](CO)[C@@H](O)[C@H](O[C@@H]4O[C@H](CO)[C@H](O)[C@H](O)[C@H]4O)[C@@H]3N)[C@H]2O)[C@@H]1O. The van der Waals surface area contributed by atoms with Gasteiger partial charge >= 0.3 is 0 Å². The molecule has 0 amide bonds. The molecule has 0 saturated carbocycles. The minimum absolute atomic E-state index is 0.861. The zero-order valence-electron chi connectivity index (χ0n) is 46.9. The highest BCUT2D eigenvalue weighted by Gasteiger charge is 2.59. The Kier molecular flexibility index (Phi) is 25.9. The largest absolute Gasteiger partial charge is 0.394 e. The van der Waals surface area contributed by atoms with Crippen LogP contribution in [0.2, 0.25) is 0 Å². The van der Waals surface area contributed by atoms with Crippen molar-refractivity contribution < 1.29 is 189 Å².